The van der Waals surface area contributed by atoms with E-state index in [0.29, 0.717) is 34.5 Å². The lowest BCUT2D eigenvalue weighted by atomic mass is 10.0. The molecule has 0 aliphatic heterocycles. The monoisotopic (exact) mass is 399 g/mol. The van der Waals surface area contributed by atoms with Gasteiger partial charge in [-0.1, -0.05) is 60.7 Å². The van der Waals surface area contributed by atoms with E-state index in [1.807, 2.05) is 41.0 Å². The average molecular weight is 399 g/mol. The minimum absolute atomic E-state index is 0.105. The predicted octanol–water partition coefficient (Wildman–Crippen LogP) is 4.30. The fourth-order valence-corrected chi connectivity index (χ4v) is 3.55. The zero-order valence-electron chi connectivity index (χ0n) is 16.8. The van der Waals surface area contributed by atoms with Crippen molar-refractivity contribution in [2.24, 2.45) is 0 Å². The maximum atomic E-state index is 13.4. The van der Waals surface area contributed by atoms with E-state index in [9.17, 15) is 9.59 Å². The molecule has 0 bridgehead atoms. The minimum atomic E-state index is -0.359. The van der Waals surface area contributed by atoms with Crippen LogP contribution in [0.15, 0.2) is 83.8 Å². The Morgan fingerprint density at radius 2 is 1.57 bits per heavy atom. The Morgan fingerprint density at radius 1 is 0.900 bits per heavy atom. The summed E-state index contributed by atoms with van der Waals surface area (Å²) in [6, 6.07) is 22.1. The summed E-state index contributed by atoms with van der Waals surface area (Å²) < 4.78 is 12.8. The molecule has 3 aromatic carbocycles. The van der Waals surface area contributed by atoms with Gasteiger partial charge in [0.25, 0.3) is 0 Å². The lowest BCUT2D eigenvalue weighted by molar-refractivity contribution is 0.103. The first-order valence-corrected chi connectivity index (χ1v) is 9.55. The number of ketones is 1. The number of ether oxygens (including phenoxy) is 2. The van der Waals surface area contributed by atoms with Crippen LogP contribution in [0.4, 0.5) is 0 Å². The molecule has 5 nitrogen and oxygen atoms in total. The molecular formula is C25H21NO4. The molecule has 0 saturated carbocycles. The highest BCUT2D eigenvalue weighted by Crippen LogP contribution is 2.30. The maximum Gasteiger partial charge on any atom is 0.204 e. The van der Waals surface area contributed by atoms with E-state index >= 15 is 0 Å². The summed E-state index contributed by atoms with van der Waals surface area (Å²) in [6.45, 7) is 0.489. The number of methoxy groups -OCH3 is 2. The predicted molar refractivity (Wildman–Crippen MR) is 117 cm³/mol. The first kappa shape index (κ1) is 19.5. The van der Waals surface area contributed by atoms with Crippen LogP contribution in [0.1, 0.15) is 21.5 Å². The molecule has 1 aromatic heterocycles. The van der Waals surface area contributed by atoms with Crippen molar-refractivity contribution in [1.82, 2.24) is 4.57 Å². The summed E-state index contributed by atoms with van der Waals surface area (Å²) in [5.41, 5.74) is 1.90. The molecule has 0 amide bonds. The topological polar surface area (TPSA) is 57.5 Å². The van der Waals surface area contributed by atoms with Crippen LogP contribution >= 0.6 is 0 Å². The smallest absolute Gasteiger partial charge is 0.204 e. The molecule has 0 unspecified atom stereocenters. The Morgan fingerprint density at radius 3 is 2.20 bits per heavy atom. The van der Waals surface area contributed by atoms with Gasteiger partial charge in [0.05, 0.1) is 30.7 Å². The molecule has 0 atom stereocenters. The summed E-state index contributed by atoms with van der Waals surface area (Å²) in [4.78, 5) is 26.5. The molecule has 5 heteroatoms. The summed E-state index contributed by atoms with van der Waals surface area (Å²) in [6.07, 6.45) is 1.63. The number of hydrogen-bond acceptors (Lipinski definition) is 4. The van der Waals surface area contributed by atoms with Gasteiger partial charge in [0.1, 0.15) is 11.5 Å². The number of nitrogens with zero attached hydrogens (tertiary/aromatic N) is 1. The van der Waals surface area contributed by atoms with Gasteiger partial charge in [-0.15, -0.1) is 0 Å². The number of fused-ring (bicyclic) bond motifs is 1. The largest absolute Gasteiger partial charge is 0.497 e. The van der Waals surface area contributed by atoms with Gasteiger partial charge >= 0.3 is 0 Å². The van der Waals surface area contributed by atoms with Crippen LogP contribution in [0.25, 0.3) is 10.9 Å². The molecule has 0 aliphatic rings. The molecule has 0 saturated heterocycles. The number of pyridine rings is 1. The van der Waals surface area contributed by atoms with Gasteiger partial charge in [-0.2, -0.15) is 0 Å². The second-order valence-corrected chi connectivity index (χ2v) is 6.90. The molecule has 0 aliphatic carbocycles. The molecule has 0 radical (unpaired) electrons. The third-order valence-electron chi connectivity index (χ3n) is 5.05. The first-order valence-electron chi connectivity index (χ1n) is 9.55. The van der Waals surface area contributed by atoms with Gasteiger partial charge in [-0.05, 0) is 5.56 Å². The van der Waals surface area contributed by atoms with Crippen LogP contribution in [0.5, 0.6) is 11.5 Å². The number of carbonyl (C=O) groups excluding carboxylic acids is 1. The summed E-state index contributed by atoms with van der Waals surface area (Å²) in [7, 11) is 3.06. The first-order chi connectivity index (χ1) is 14.6. The Labute approximate surface area is 174 Å². The van der Waals surface area contributed by atoms with Crippen LogP contribution < -0.4 is 14.9 Å². The normalized spacial score (nSPS) is 10.7. The van der Waals surface area contributed by atoms with Crippen LogP contribution in [-0.2, 0) is 6.54 Å². The van der Waals surface area contributed by atoms with E-state index in [0.717, 1.165) is 5.56 Å². The zero-order valence-corrected chi connectivity index (χ0v) is 16.8. The summed E-state index contributed by atoms with van der Waals surface area (Å²) >= 11 is 0. The van der Waals surface area contributed by atoms with E-state index in [-0.39, 0.29) is 16.8 Å². The third kappa shape index (κ3) is 3.57. The maximum absolute atomic E-state index is 13.4. The Bertz CT molecular complexity index is 1260. The van der Waals surface area contributed by atoms with Gasteiger partial charge in [0.2, 0.25) is 5.43 Å². The van der Waals surface area contributed by atoms with Crippen molar-refractivity contribution in [3.8, 4) is 11.5 Å². The van der Waals surface area contributed by atoms with E-state index < -0.39 is 0 Å². The number of benzene rings is 3. The molecule has 4 aromatic rings. The molecule has 1 heterocycles. The van der Waals surface area contributed by atoms with Crippen molar-refractivity contribution >= 4 is 16.7 Å². The van der Waals surface area contributed by atoms with Crippen LogP contribution in [0, 0.1) is 0 Å². The Balaban J connectivity index is 2.00. The number of aromatic nitrogens is 1. The fraction of sp³-hybridized carbons (Fsp3) is 0.120. The van der Waals surface area contributed by atoms with Crippen LogP contribution in [0.2, 0.25) is 0 Å². The molecule has 30 heavy (non-hydrogen) atoms. The lowest BCUT2D eigenvalue weighted by Crippen LogP contribution is -2.21. The molecule has 150 valence electrons. The minimum Gasteiger partial charge on any atom is -0.497 e. The summed E-state index contributed by atoms with van der Waals surface area (Å²) in [5.74, 6) is 0.628. The Kier molecular flexibility index (Phi) is 5.35. The molecule has 4 rings (SSSR count). The van der Waals surface area contributed by atoms with Gasteiger partial charge in [0.15, 0.2) is 5.78 Å². The van der Waals surface area contributed by atoms with Gasteiger partial charge in [0, 0.05) is 30.4 Å². The van der Waals surface area contributed by atoms with Gasteiger partial charge < -0.3 is 14.0 Å². The second kappa shape index (κ2) is 8.25. The van der Waals surface area contributed by atoms with Crippen LogP contribution in [-0.4, -0.2) is 24.6 Å². The lowest BCUT2D eigenvalue weighted by Gasteiger charge is -2.16. The van der Waals surface area contributed by atoms with Crippen molar-refractivity contribution in [3.63, 3.8) is 0 Å². The fourth-order valence-electron chi connectivity index (χ4n) is 3.55. The molecular weight excluding hydrogens is 378 g/mol. The molecule has 0 N–H and O–H groups in total. The van der Waals surface area contributed by atoms with E-state index in [2.05, 4.69) is 0 Å². The standard InChI is InChI=1S/C25H21NO4/c1-29-19-13-21-23(22(14-19)30-2)25(28)20(24(27)18-11-7-4-8-12-18)16-26(21)15-17-9-5-3-6-10-17/h3-14,16H,15H2,1-2H3. The van der Waals surface area contributed by atoms with E-state index in [4.69, 9.17) is 9.47 Å². The van der Waals surface area contributed by atoms with Gasteiger partial charge in [-0.25, -0.2) is 0 Å². The van der Waals surface area contributed by atoms with Crippen molar-refractivity contribution in [2.45, 2.75) is 6.54 Å². The van der Waals surface area contributed by atoms with Gasteiger partial charge in [-0.3, -0.25) is 9.59 Å². The highest BCUT2D eigenvalue weighted by Gasteiger charge is 2.20. The third-order valence-corrected chi connectivity index (χ3v) is 5.05. The average Bonchev–Trinajstić information content (AvgIpc) is 2.80. The van der Waals surface area contributed by atoms with Crippen molar-refractivity contribution in [3.05, 3.63) is 106 Å². The number of rotatable bonds is 6. The van der Waals surface area contributed by atoms with Crippen LogP contribution in [0.3, 0.4) is 0 Å². The van der Waals surface area contributed by atoms with E-state index in [1.54, 1.807) is 49.7 Å². The van der Waals surface area contributed by atoms with Crippen molar-refractivity contribution < 1.29 is 14.3 Å². The highest BCUT2D eigenvalue weighted by molar-refractivity contribution is 6.10. The van der Waals surface area contributed by atoms with Crippen molar-refractivity contribution in [2.75, 3.05) is 14.2 Å². The molecule has 0 fully saturated rings. The zero-order chi connectivity index (χ0) is 21.1. The number of hydrogen-bond donors (Lipinski definition) is 0. The van der Waals surface area contributed by atoms with E-state index in [1.165, 1.54) is 7.11 Å². The molecule has 0 spiro atoms. The summed E-state index contributed by atoms with van der Waals surface area (Å²) in [5, 5.41) is 0.357. The quantitative estimate of drug-likeness (QED) is 0.454. The second-order valence-electron chi connectivity index (χ2n) is 6.90. The number of carbonyl (C=O) groups is 1. The Hall–Kier alpha value is -3.86. The highest BCUT2D eigenvalue weighted by atomic mass is 16.5. The van der Waals surface area contributed by atoms with Crippen molar-refractivity contribution in [1.29, 1.82) is 0 Å². The SMILES string of the molecule is COc1cc(OC)c2c(=O)c(C(=O)c3ccccc3)cn(Cc3ccccc3)c2c1.